The summed E-state index contributed by atoms with van der Waals surface area (Å²) in [5, 5.41) is 15.0. The Balaban J connectivity index is 1.07. The Hall–Kier alpha value is -5.96. The highest BCUT2D eigenvalue weighted by Gasteiger charge is 2.32. The fourth-order valence-corrected chi connectivity index (χ4v) is 7.81. The Labute approximate surface area is 352 Å². The van der Waals surface area contributed by atoms with Crippen LogP contribution in [0.5, 0.6) is 17.4 Å². The molecule has 0 atom stereocenters. The molecule has 1 aliphatic rings. The van der Waals surface area contributed by atoms with Crippen LogP contribution in [0.3, 0.4) is 0 Å². The van der Waals surface area contributed by atoms with E-state index in [1.54, 1.807) is 30.1 Å². The first kappa shape index (κ1) is 43.1. The zero-order chi connectivity index (χ0) is 43.4. The molecule has 4 aromatic carbocycles. The van der Waals surface area contributed by atoms with Crippen molar-refractivity contribution in [2.45, 2.75) is 38.5 Å². The normalized spacial score (nSPS) is 13.8. The number of carbonyl (C=O) groups excluding carboxylic acids is 1. The number of urea groups is 1. The van der Waals surface area contributed by atoms with Gasteiger partial charge in [0.2, 0.25) is 11.8 Å². The van der Waals surface area contributed by atoms with Crippen LogP contribution < -0.4 is 25.4 Å². The third-order valence-electron chi connectivity index (χ3n) is 9.68. The topological polar surface area (TPSA) is 145 Å². The summed E-state index contributed by atoms with van der Waals surface area (Å²) in [4.78, 5) is 24.4. The smallest absolute Gasteiger partial charge is 0.416 e. The fraction of sp³-hybridized carbons (Fsp3) is 0.318. The lowest BCUT2D eigenvalue weighted by Gasteiger charge is -2.26. The Bertz CT molecular complexity index is 2570. The summed E-state index contributed by atoms with van der Waals surface area (Å²) in [5.41, 5.74) is 1.78. The van der Waals surface area contributed by atoms with Crippen LogP contribution in [0.4, 0.5) is 41.1 Å². The maximum atomic E-state index is 13.9. The second-order valence-electron chi connectivity index (χ2n) is 16.2. The minimum Gasteiger partial charge on any atom is -0.492 e. The number of rotatable bonds is 13. The van der Waals surface area contributed by atoms with Gasteiger partial charge < -0.3 is 29.4 Å². The lowest BCUT2D eigenvalue weighted by Crippen LogP contribution is -2.38. The number of halogens is 3. The highest BCUT2D eigenvalue weighted by atomic mass is 31.2. The van der Waals surface area contributed by atoms with E-state index in [4.69, 9.17) is 19.3 Å². The van der Waals surface area contributed by atoms with Crippen LogP contribution in [0, 0.1) is 0 Å². The Morgan fingerprint density at radius 2 is 1.67 bits per heavy atom. The van der Waals surface area contributed by atoms with Crippen molar-refractivity contribution < 1.29 is 36.7 Å². The van der Waals surface area contributed by atoms with Gasteiger partial charge >= 0.3 is 12.2 Å². The predicted octanol–water partition coefficient (Wildman–Crippen LogP) is 10.1. The molecule has 3 heterocycles. The maximum Gasteiger partial charge on any atom is 0.416 e. The Morgan fingerprint density at radius 1 is 0.902 bits per heavy atom. The average molecular weight is 857 g/mol. The van der Waals surface area contributed by atoms with Gasteiger partial charge in [0, 0.05) is 72.1 Å². The number of carbonyl (C=O) groups is 1. The Morgan fingerprint density at radius 3 is 2.41 bits per heavy atom. The number of nitrogens with one attached hydrogen (secondary N) is 3. The first-order valence-corrected chi connectivity index (χ1v) is 22.5. The van der Waals surface area contributed by atoms with Gasteiger partial charge in [-0.3, -0.25) is 10.2 Å². The minimum absolute atomic E-state index is 0.00617. The quantitative estimate of drug-likeness (QED) is 0.0960. The van der Waals surface area contributed by atoms with E-state index < -0.39 is 24.9 Å². The van der Waals surface area contributed by atoms with Gasteiger partial charge in [0.15, 0.2) is 0 Å². The minimum atomic E-state index is -4.61. The van der Waals surface area contributed by atoms with Crippen molar-refractivity contribution in [1.29, 1.82) is 0 Å². The third-order valence-corrected chi connectivity index (χ3v) is 10.8. The first-order valence-electron chi connectivity index (χ1n) is 19.7. The third kappa shape index (κ3) is 11.5. The summed E-state index contributed by atoms with van der Waals surface area (Å²) < 4.78 is 73.3. The molecule has 0 spiro atoms. The number of ether oxygens (including phenoxy) is 3. The lowest BCUT2D eigenvalue weighted by molar-refractivity contribution is -0.137. The van der Waals surface area contributed by atoms with Crippen molar-refractivity contribution in [3.63, 3.8) is 0 Å². The van der Waals surface area contributed by atoms with Gasteiger partial charge in [0.05, 0.1) is 43.0 Å². The molecule has 61 heavy (non-hydrogen) atoms. The number of morpholine rings is 1. The van der Waals surface area contributed by atoms with Crippen LogP contribution in [-0.2, 0) is 27.1 Å². The van der Waals surface area contributed by atoms with E-state index in [9.17, 15) is 22.5 Å². The van der Waals surface area contributed by atoms with Gasteiger partial charge in [-0.1, -0.05) is 57.2 Å². The molecule has 0 radical (unpaired) electrons. The van der Waals surface area contributed by atoms with E-state index in [0.29, 0.717) is 53.9 Å². The molecule has 7 rings (SSSR count). The number of anilines is 4. The van der Waals surface area contributed by atoms with Crippen molar-refractivity contribution in [3.8, 4) is 23.1 Å². The van der Waals surface area contributed by atoms with Gasteiger partial charge in [-0.25, -0.2) is 14.5 Å². The van der Waals surface area contributed by atoms with Crippen LogP contribution in [0.1, 0.15) is 37.6 Å². The lowest BCUT2D eigenvalue weighted by atomic mass is 9.92. The maximum absolute atomic E-state index is 13.9. The van der Waals surface area contributed by atoms with Gasteiger partial charge in [0.1, 0.15) is 23.9 Å². The molecule has 0 unspecified atom stereocenters. The summed E-state index contributed by atoms with van der Waals surface area (Å²) in [5.74, 6) is 1.05. The van der Waals surface area contributed by atoms with Gasteiger partial charge in [-0.15, -0.1) is 0 Å². The average Bonchev–Trinajstić information content (AvgIpc) is 3.63. The van der Waals surface area contributed by atoms with Crippen molar-refractivity contribution in [3.05, 3.63) is 114 Å². The van der Waals surface area contributed by atoms with Gasteiger partial charge in [0.25, 0.3) is 0 Å². The molecule has 320 valence electrons. The standard InChI is InChI=1S/C44H48F3N8O5P/c1-43(2,3)38-27-39(55(53-38)32-10-8-9-29(23-32)28-61(4,5)57)51-42(56)50-36-13-14-37(35-12-7-6-11-34(35)36)60-40-15-16-48-41(52-40)49-31-24-30(44(45,46)47)25-33(26-31)59-22-19-54-17-20-58-21-18-54/h6-16,23-27H,17-22,28H2,1-5H3,(H,48,49,52)(H2,50,51,56). The summed E-state index contributed by atoms with van der Waals surface area (Å²) in [6.45, 7) is 13.1. The van der Waals surface area contributed by atoms with E-state index in [1.807, 2.05) is 75.4 Å². The molecule has 13 nitrogen and oxygen atoms in total. The summed E-state index contributed by atoms with van der Waals surface area (Å²) in [6, 6.07) is 24.6. The highest BCUT2D eigenvalue weighted by Crippen LogP contribution is 2.41. The van der Waals surface area contributed by atoms with Crippen molar-refractivity contribution >= 4 is 47.1 Å². The molecule has 1 saturated heterocycles. The molecular weight excluding hydrogens is 809 g/mol. The van der Waals surface area contributed by atoms with Crippen molar-refractivity contribution in [2.75, 3.05) is 68.7 Å². The Kier molecular flexibility index (Phi) is 12.7. The van der Waals surface area contributed by atoms with E-state index in [0.717, 1.165) is 42.2 Å². The molecule has 1 fully saturated rings. The molecule has 0 saturated carbocycles. The van der Waals surface area contributed by atoms with E-state index >= 15 is 0 Å². The van der Waals surface area contributed by atoms with E-state index in [2.05, 4.69) is 30.8 Å². The van der Waals surface area contributed by atoms with Crippen LogP contribution in [0.2, 0.25) is 0 Å². The zero-order valence-electron chi connectivity index (χ0n) is 34.5. The molecule has 2 aromatic heterocycles. The SMILES string of the molecule is CC(C)(C)c1cc(NC(=O)Nc2ccc(Oc3ccnc(Nc4cc(OCCN5CCOCC5)cc(C(F)(F)F)c4)n3)c3ccccc23)n(-c2cccc(CP(C)(C)=O)c2)n1. The molecule has 0 aliphatic carbocycles. The number of fused-ring (bicyclic) bond motifs is 1. The number of hydrogen-bond acceptors (Lipinski definition) is 10. The molecule has 17 heteroatoms. The summed E-state index contributed by atoms with van der Waals surface area (Å²) in [6.07, 6.45) is -2.75. The van der Waals surface area contributed by atoms with E-state index in [1.165, 1.54) is 18.3 Å². The van der Waals surface area contributed by atoms with Crippen molar-refractivity contribution in [1.82, 2.24) is 24.6 Å². The number of alkyl halides is 3. The molecule has 2 amide bonds. The van der Waals surface area contributed by atoms with E-state index in [-0.39, 0.29) is 35.3 Å². The van der Waals surface area contributed by atoms with Gasteiger partial charge in [-0.05, 0) is 55.3 Å². The largest absolute Gasteiger partial charge is 0.492 e. The molecule has 0 bridgehead atoms. The number of nitrogens with zero attached hydrogens (tertiary/aromatic N) is 5. The number of amides is 2. The molecular formula is C44H48F3N8O5P. The van der Waals surface area contributed by atoms with Gasteiger partial charge in [-0.2, -0.15) is 23.3 Å². The second-order valence-corrected chi connectivity index (χ2v) is 19.7. The van der Waals surface area contributed by atoms with Crippen molar-refractivity contribution in [2.24, 2.45) is 0 Å². The molecule has 3 N–H and O–H groups in total. The number of benzene rings is 4. The predicted molar refractivity (Wildman–Crippen MR) is 232 cm³/mol. The second kappa shape index (κ2) is 17.9. The fourth-order valence-electron chi connectivity index (χ4n) is 6.74. The summed E-state index contributed by atoms with van der Waals surface area (Å²) >= 11 is 0. The first-order chi connectivity index (χ1) is 29.0. The number of hydrogen-bond donors (Lipinski definition) is 3. The van der Waals surface area contributed by atoms with Crippen LogP contribution in [-0.4, -0.2) is 83.5 Å². The molecule has 1 aliphatic heterocycles. The van der Waals surface area contributed by atoms with Crippen LogP contribution in [0.15, 0.2) is 97.2 Å². The summed E-state index contributed by atoms with van der Waals surface area (Å²) in [7, 11) is -2.33. The zero-order valence-corrected chi connectivity index (χ0v) is 35.4. The monoisotopic (exact) mass is 856 g/mol. The number of aromatic nitrogens is 4. The molecule has 6 aromatic rings. The van der Waals surface area contributed by atoms with Crippen LogP contribution >= 0.6 is 7.14 Å². The van der Waals surface area contributed by atoms with Crippen LogP contribution in [0.25, 0.3) is 16.5 Å². The highest BCUT2D eigenvalue weighted by molar-refractivity contribution is 7.61.